The zero-order valence-electron chi connectivity index (χ0n) is 24.5. The highest BCUT2D eigenvalue weighted by Gasteiger charge is 2.15. The molecule has 2 heteroatoms. The smallest absolute Gasteiger partial charge is 0.123 e. The molecule has 198 valence electrons. The first-order valence-corrected chi connectivity index (χ1v) is 13.8. The number of hydrogen-bond acceptors (Lipinski definition) is 1. The molecule has 1 aliphatic carbocycles. The van der Waals surface area contributed by atoms with E-state index in [0.717, 1.165) is 47.9 Å². The summed E-state index contributed by atoms with van der Waals surface area (Å²) in [4.78, 5) is 0. The van der Waals surface area contributed by atoms with Gasteiger partial charge in [-0.05, 0) is 123 Å². The van der Waals surface area contributed by atoms with Crippen molar-refractivity contribution in [3.63, 3.8) is 0 Å². The molecule has 0 aliphatic heterocycles. The maximum Gasteiger partial charge on any atom is 0.123 e. The number of aryl methyl sites for hydroxylation is 4. The Morgan fingerprint density at radius 1 is 1.03 bits per heavy atom. The molecule has 0 saturated heterocycles. The van der Waals surface area contributed by atoms with E-state index in [-0.39, 0.29) is 5.82 Å². The van der Waals surface area contributed by atoms with Crippen molar-refractivity contribution < 1.29 is 4.39 Å². The summed E-state index contributed by atoms with van der Waals surface area (Å²) in [5.41, 5.74) is 11.2. The van der Waals surface area contributed by atoms with E-state index in [1.165, 1.54) is 27.8 Å². The minimum Gasteiger partial charge on any atom is -0.207 e. The first-order valence-electron chi connectivity index (χ1n) is 13.4. The third-order valence-corrected chi connectivity index (χ3v) is 6.36. The first-order chi connectivity index (χ1) is 17.1. The number of allylic oxidation sites excluding steroid dienone is 5. The van der Waals surface area contributed by atoms with Gasteiger partial charge in [0.05, 0.1) is 0 Å². The average Bonchev–Trinajstić information content (AvgIpc) is 2.84. The second kappa shape index (κ2) is 18.0. The van der Waals surface area contributed by atoms with Gasteiger partial charge >= 0.3 is 0 Å². The SMILES string of the molecule is C=C(CC)c1c(C)cc(F)cc1CC1=CCC(C)C(CC)=C1.CC.CC=S.Cc1ccc(C)c(C)c1. The quantitative estimate of drug-likeness (QED) is 0.362. The van der Waals surface area contributed by atoms with Crippen LogP contribution in [0.3, 0.4) is 0 Å². The molecule has 36 heavy (non-hydrogen) atoms. The molecule has 0 heterocycles. The Bertz CT molecular complexity index is 1040. The van der Waals surface area contributed by atoms with Crippen LogP contribution in [0.2, 0.25) is 0 Å². The summed E-state index contributed by atoms with van der Waals surface area (Å²) in [6, 6.07) is 9.80. The topological polar surface area (TPSA) is 0 Å². The molecule has 0 amide bonds. The number of thiocarbonyl (C=S) groups is 1. The van der Waals surface area contributed by atoms with E-state index in [4.69, 9.17) is 0 Å². The summed E-state index contributed by atoms with van der Waals surface area (Å²) in [5, 5.41) is 1.58. The predicted molar refractivity (Wildman–Crippen MR) is 166 cm³/mol. The van der Waals surface area contributed by atoms with Gasteiger partial charge in [-0.15, -0.1) is 0 Å². The second-order valence-corrected chi connectivity index (χ2v) is 9.67. The Balaban J connectivity index is 0.000000723. The van der Waals surface area contributed by atoms with Crippen LogP contribution in [0.5, 0.6) is 0 Å². The van der Waals surface area contributed by atoms with Crippen molar-refractivity contribution in [3.8, 4) is 0 Å². The molecule has 0 N–H and O–H groups in total. The van der Waals surface area contributed by atoms with Crippen molar-refractivity contribution in [2.24, 2.45) is 5.92 Å². The number of rotatable bonds is 5. The summed E-state index contributed by atoms with van der Waals surface area (Å²) in [6.07, 6.45) is 8.49. The van der Waals surface area contributed by atoms with Crippen LogP contribution in [0.25, 0.3) is 5.57 Å². The third-order valence-electron chi connectivity index (χ3n) is 6.36. The van der Waals surface area contributed by atoms with E-state index < -0.39 is 0 Å². The Morgan fingerprint density at radius 2 is 1.64 bits per heavy atom. The molecule has 0 nitrogen and oxygen atoms in total. The maximum atomic E-state index is 13.9. The van der Waals surface area contributed by atoms with Crippen LogP contribution in [0.1, 0.15) is 94.2 Å². The van der Waals surface area contributed by atoms with Crippen LogP contribution in [0, 0.1) is 39.4 Å². The molecule has 0 bridgehead atoms. The molecular formula is C34H49FS. The summed E-state index contributed by atoms with van der Waals surface area (Å²) in [5.74, 6) is 0.484. The Morgan fingerprint density at radius 3 is 2.14 bits per heavy atom. The van der Waals surface area contributed by atoms with Crippen molar-refractivity contribution in [1.82, 2.24) is 0 Å². The van der Waals surface area contributed by atoms with Crippen LogP contribution in [-0.2, 0) is 6.42 Å². The van der Waals surface area contributed by atoms with Crippen molar-refractivity contribution in [2.45, 2.75) is 94.9 Å². The van der Waals surface area contributed by atoms with E-state index in [2.05, 4.69) is 90.7 Å². The van der Waals surface area contributed by atoms with Crippen LogP contribution in [-0.4, -0.2) is 5.37 Å². The highest BCUT2D eigenvalue weighted by atomic mass is 32.1. The normalized spacial score (nSPS) is 13.9. The number of hydrogen-bond donors (Lipinski definition) is 0. The Kier molecular flexibility index (Phi) is 16.8. The molecule has 0 saturated carbocycles. The van der Waals surface area contributed by atoms with Crippen LogP contribution in [0.15, 0.2) is 60.2 Å². The Labute approximate surface area is 227 Å². The highest BCUT2D eigenvalue weighted by molar-refractivity contribution is 7.78. The fourth-order valence-electron chi connectivity index (χ4n) is 4.24. The third kappa shape index (κ3) is 11.2. The molecule has 0 aromatic heterocycles. The Hall–Kier alpha value is -2.32. The molecular weight excluding hydrogens is 459 g/mol. The zero-order chi connectivity index (χ0) is 27.8. The van der Waals surface area contributed by atoms with E-state index >= 15 is 0 Å². The lowest BCUT2D eigenvalue weighted by Gasteiger charge is -2.21. The standard InChI is InChI=1S/C21H27F.C9H12.C2H4S.C2H6/c1-6-14(3)21-16(5)10-20(22)13-19(21)12-17-9-8-15(4)18(7-2)11-17;1-7-4-5-8(2)9(3)6-7;1-2-3;1-2/h9-11,13,15H,3,6-8,12H2,1-2,4-5H3;4-6H,1-3H3;2H,1H3;1-2H3. The monoisotopic (exact) mass is 508 g/mol. The van der Waals surface area contributed by atoms with Gasteiger partial charge in [-0.25, -0.2) is 4.39 Å². The van der Waals surface area contributed by atoms with Gasteiger partial charge < -0.3 is 0 Å². The lowest BCUT2D eigenvalue weighted by Crippen LogP contribution is -2.06. The lowest BCUT2D eigenvalue weighted by atomic mass is 9.84. The lowest BCUT2D eigenvalue weighted by molar-refractivity contribution is 0.624. The van der Waals surface area contributed by atoms with Crippen LogP contribution in [0.4, 0.5) is 4.39 Å². The van der Waals surface area contributed by atoms with Gasteiger partial charge in [0.2, 0.25) is 0 Å². The maximum absolute atomic E-state index is 13.9. The molecule has 0 radical (unpaired) electrons. The molecule has 2 aromatic carbocycles. The summed E-state index contributed by atoms with van der Waals surface area (Å²) < 4.78 is 13.9. The van der Waals surface area contributed by atoms with Crippen molar-refractivity contribution in [3.05, 3.63) is 99.4 Å². The largest absolute Gasteiger partial charge is 0.207 e. The van der Waals surface area contributed by atoms with Crippen molar-refractivity contribution in [1.29, 1.82) is 0 Å². The summed E-state index contributed by atoms with van der Waals surface area (Å²) in [6.45, 7) is 25.0. The van der Waals surface area contributed by atoms with Gasteiger partial charge in [0.1, 0.15) is 5.82 Å². The second-order valence-electron chi connectivity index (χ2n) is 9.20. The van der Waals surface area contributed by atoms with Crippen molar-refractivity contribution in [2.75, 3.05) is 0 Å². The average molecular weight is 509 g/mol. The van der Waals surface area contributed by atoms with Gasteiger partial charge in [-0.1, -0.05) is 94.9 Å². The fourth-order valence-corrected chi connectivity index (χ4v) is 4.24. The summed E-state index contributed by atoms with van der Waals surface area (Å²) >= 11 is 4.27. The number of halogens is 1. The van der Waals surface area contributed by atoms with E-state index in [9.17, 15) is 4.39 Å². The summed E-state index contributed by atoms with van der Waals surface area (Å²) in [7, 11) is 0. The van der Waals surface area contributed by atoms with E-state index in [1.807, 2.05) is 27.7 Å². The van der Waals surface area contributed by atoms with E-state index in [0.29, 0.717) is 5.92 Å². The molecule has 2 aromatic rings. The molecule has 3 rings (SSSR count). The predicted octanol–water partition coefficient (Wildman–Crippen LogP) is 11.0. The minimum absolute atomic E-state index is 0.148. The fraction of sp³-hybridized carbons (Fsp3) is 0.441. The van der Waals surface area contributed by atoms with Gasteiger partial charge in [0, 0.05) is 0 Å². The van der Waals surface area contributed by atoms with Gasteiger partial charge in [0.25, 0.3) is 0 Å². The highest BCUT2D eigenvalue weighted by Crippen LogP contribution is 2.31. The van der Waals surface area contributed by atoms with Crippen molar-refractivity contribution >= 4 is 23.2 Å². The molecule has 0 fully saturated rings. The van der Waals surface area contributed by atoms with Gasteiger partial charge in [-0.3, -0.25) is 0 Å². The molecule has 1 atom stereocenters. The van der Waals surface area contributed by atoms with Crippen LogP contribution < -0.4 is 0 Å². The van der Waals surface area contributed by atoms with Crippen LogP contribution >= 0.6 is 12.2 Å². The molecule has 1 unspecified atom stereocenters. The van der Waals surface area contributed by atoms with E-state index in [1.54, 1.807) is 17.5 Å². The molecule has 1 aliphatic rings. The number of benzene rings is 2. The first kappa shape index (κ1) is 33.7. The van der Waals surface area contributed by atoms with Gasteiger partial charge in [-0.2, -0.15) is 0 Å². The molecule has 0 spiro atoms. The van der Waals surface area contributed by atoms with Gasteiger partial charge in [0.15, 0.2) is 0 Å². The minimum atomic E-state index is -0.148. The zero-order valence-corrected chi connectivity index (χ0v) is 25.3.